The molecule has 2 heterocycles. The summed E-state index contributed by atoms with van der Waals surface area (Å²) in [6.45, 7) is 1.86. The fraction of sp³-hybridized carbons (Fsp3) is 0.455. The third kappa shape index (κ3) is 4.48. The molecule has 2 aliphatic rings. The van der Waals surface area contributed by atoms with Crippen molar-refractivity contribution < 1.29 is 18.0 Å². The molecular formula is C22H28N2O4S. The maximum atomic E-state index is 13.3. The van der Waals surface area contributed by atoms with Gasteiger partial charge in [-0.3, -0.25) is 4.84 Å². The second-order valence-corrected chi connectivity index (χ2v) is 9.83. The molecule has 0 spiro atoms. The summed E-state index contributed by atoms with van der Waals surface area (Å²) in [6.07, 6.45) is 2.95. The lowest BCUT2D eigenvalue weighted by molar-refractivity contribution is -0.110. The standard InChI is InChI=1S/C22H28N2O4S/c1-23-22(21(17-28-23)29(25,26)24-13-6-3-7-14-24)19-11-8-12-20(15-19)27-16-18-9-4-2-5-10-18/h2,4-5,8-12,15,21-22H,3,6-7,13-14,16-17H2,1H3/t21-,22+/m1/s1. The summed E-state index contributed by atoms with van der Waals surface area (Å²) < 4.78 is 34.2. The van der Waals surface area contributed by atoms with Gasteiger partial charge in [0.1, 0.15) is 17.6 Å². The van der Waals surface area contributed by atoms with Gasteiger partial charge in [-0.1, -0.05) is 48.9 Å². The van der Waals surface area contributed by atoms with E-state index in [0.717, 1.165) is 36.1 Å². The molecule has 0 radical (unpaired) electrons. The summed E-state index contributed by atoms with van der Waals surface area (Å²) in [6, 6.07) is 17.3. The van der Waals surface area contributed by atoms with Crippen molar-refractivity contribution in [1.82, 2.24) is 9.37 Å². The van der Waals surface area contributed by atoms with Crippen LogP contribution in [0.2, 0.25) is 0 Å². The minimum Gasteiger partial charge on any atom is -0.489 e. The molecule has 2 aliphatic heterocycles. The molecule has 29 heavy (non-hydrogen) atoms. The first kappa shape index (κ1) is 20.3. The molecule has 4 rings (SSSR count). The monoisotopic (exact) mass is 416 g/mol. The number of hydrogen-bond donors (Lipinski definition) is 0. The van der Waals surface area contributed by atoms with Crippen molar-refractivity contribution in [2.24, 2.45) is 0 Å². The topological polar surface area (TPSA) is 59.1 Å². The second kappa shape index (κ2) is 8.83. The van der Waals surface area contributed by atoms with Crippen LogP contribution in [0.15, 0.2) is 54.6 Å². The molecule has 0 unspecified atom stereocenters. The Kier molecular flexibility index (Phi) is 6.20. The highest BCUT2D eigenvalue weighted by atomic mass is 32.2. The molecule has 0 N–H and O–H groups in total. The summed E-state index contributed by atoms with van der Waals surface area (Å²) in [5, 5.41) is 1.05. The Labute approximate surface area is 173 Å². The van der Waals surface area contributed by atoms with Crippen molar-refractivity contribution in [1.29, 1.82) is 0 Å². The van der Waals surface area contributed by atoms with Crippen LogP contribution in [0.3, 0.4) is 0 Å². The molecule has 156 valence electrons. The number of sulfonamides is 1. The van der Waals surface area contributed by atoms with Gasteiger partial charge >= 0.3 is 0 Å². The smallest absolute Gasteiger partial charge is 0.221 e. The fourth-order valence-corrected chi connectivity index (χ4v) is 6.15. The van der Waals surface area contributed by atoms with Crippen LogP contribution in [0.1, 0.15) is 36.4 Å². The van der Waals surface area contributed by atoms with Gasteiger partial charge in [0.25, 0.3) is 0 Å². The van der Waals surface area contributed by atoms with E-state index < -0.39 is 15.3 Å². The lowest BCUT2D eigenvalue weighted by Crippen LogP contribution is -2.44. The zero-order valence-electron chi connectivity index (χ0n) is 16.7. The molecule has 0 saturated carbocycles. The lowest BCUT2D eigenvalue weighted by atomic mass is 10.0. The number of rotatable bonds is 6. The van der Waals surface area contributed by atoms with Gasteiger partial charge < -0.3 is 4.74 Å². The molecular weight excluding hydrogens is 388 g/mol. The molecule has 2 aromatic rings. The van der Waals surface area contributed by atoms with Crippen molar-refractivity contribution in [3.05, 3.63) is 65.7 Å². The predicted octanol–water partition coefficient (Wildman–Crippen LogP) is 3.37. The Hall–Kier alpha value is -1.93. The third-order valence-electron chi connectivity index (χ3n) is 5.69. The first-order valence-electron chi connectivity index (χ1n) is 10.2. The largest absolute Gasteiger partial charge is 0.489 e. The van der Waals surface area contributed by atoms with Gasteiger partial charge in [-0.2, -0.15) is 5.06 Å². The van der Waals surface area contributed by atoms with Crippen LogP contribution in [0.4, 0.5) is 0 Å². The first-order valence-corrected chi connectivity index (χ1v) is 11.7. The Morgan fingerprint density at radius 1 is 1.03 bits per heavy atom. The van der Waals surface area contributed by atoms with Crippen LogP contribution >= 0.6 is 0 Å². The average molecular weight is 417 g/mol. The summed E-state index contributed by atoms with van der Waals surface area (Å²) in [4.78, 5) is 5.67. The van der Waals surface area contributed by atoms with Gasteiger partial charge in [0.15, 0.2) is 0 Å². The number of ether oxygens (including phenoxy) is 1. The van der Waals surface area contributed by atoms with Gasteiger partial charge in [-0.05, 0) is 36.1 Å². The zero-order chi connectivity index (χ0) is 20.3. The molecule has 7 heteroatoms. The highest BCUT2D eigenvalue weighted by molar-refractivity contribution is 7.89. The normalized spacial score (nSPS) is 23.9. The van der Waals surface area contributed by atoms with E-state index >= 15 is 0 Å². The molecule has 6 nitrogen and oxygen atoms in total. The van der Waals surface area contributed by atoms with E-state index in [9.17, 15) is 8.42 Å². The van der Waals surface area contributed by atoms with Crippen molar-refractivity contribution in [2.45, 2.75) is 37.2 Å². The minimum atomic E-state index is -3.43. The van der Waals surface area contributed by atoms with E-state index in [4.69, 9.17) is 9.57 Å². The van der Waals surface area contributed by atoms with Crippen molar-refractivity contribution in [3.8, 4) is 5.75 Å². The SMILES string of the molecule is CN1OC[C@@H](S(=O)(=O)N2CCCCC2)[C@@H]1c1cccc(OCc2ccccc2)c1. The Morgan fingerprint density at radius 2 is 1.79 bits per heavy atom. The summed E-state index contributed by atoms with van der Waals surface area (Å²) in [5.41, 5.74) is 1.98. The van der Waals surface area contributed by atoms with Gasteiger partial charge in [-0.25, -0.2) is 12.7 Å². The molecule has 2 aromatic carbocycles. The second-order valence-electron chi connectivity index (χ2n) is 7.68. The molecule has 0 amide bonds. The molecule has 0 aromatic heterocycles. The Morgan fingerprint density at radius 3 is 2.55 bits per heavy atom. The summed E-state index contributed by atoms with van der Waals surface area (Å²) in [5.74, 6) is 0.723. The van der Waals surface area contributed by atoms with E-state index in [2.05, 4.69) is 0 Å². The summed E-state index contributed by atoms with van der Waals surface area (Å²) in [7, 11) is -1.63. The van der Waals surface area contributed by atoms with E-state index in [1.807, 2.05) is 54.6 Å². The van der Waals surface area contributed by atoms with Crippen molar-refractivity contribution in [2.75, 3.05) is 26.7 Å². The number of piperidine rings is 1. The zero-order valence-corrected chi connectivity index (χ0v) is 17.6. The predicted molar refractivity (Wildman–Crippen MR) is 112 cm³/mol. The lowest BCUT2D eigenvalue weighted by Gasteiger charge is -2.31. The van der Waals surface area contributed by atoms with Gasteiger partial charge in [0.2, 0.25) is 10.0 Å². The Balaban J connectivity index is 1.54. The third-order valence-corrected chi connectivity index (χ3v) is 7.94. The van der Waals surface area contributed by atoms with Gasteiger partial charge in [0, 0.05) is 20.1 Å². The van der Waals surface area contributed by atoms with Crippen LogP contribution in [0, 0.1) is 0 Å². The highest BCUT2D eigenvalue weighted by Crippen LogP contribution is 2.36. The van der Waals surface area contributed by atoms with Crippen LogP contribution in [0.25, 0.3) is 0 Å². The molecule has 0 aliphatic carbocycles. The molecule has 0 bridgehead atoms. The van der Waals surface area contributed by atoms with E-state index in [1.165, 1.54) is 0 Å². The van der Waals surface area contributed by atoms with Crippen LogP contribution in [-0.2, 0) is 21.5 Å². The number of hydrogen-bond acceptors (Lipinski definition) is 5. The van der Waals surface area contributed by atoms with Crippen LogP contribution < -0.4 is 4.74 Å². The fourth-order valence-electron chi connectivity index (χ4n) is 4.11. The number of benzene rings is 2. The minimum absolute atomic E-state index is 0.176. The van der Waals surface area contributed by atoms with E-state index in [0.29, 0.717) is 19.7 Å². The van der Waals surface area contributed by atoms with Crippen LogP contribution in [0.5, 0.6) is 5.75 Å². The first-order chi connectivity index (χ1) is 14.1. The van der Waals surface area contributed by atoms with Crippen LogP contribution in [-0.4, -0.2) is 49.8 Å². The van der Waals surface area contributed by atoms with E-state index in [-0.39, 0.29) is 12.6 Å². The molecule has 2 atom stereocenters. The molecule has 2 fully saturated rings. The number of nitrogens with zero attached hydrogens (tertiary/aromatic N) is 2. The number of hydroxylamine groups is 2. The average Bonchev–Trinajstić information content (AvgIpc) is 3.16. The highest BCUT2D eigenvalue weighted by Gasteiger charge is 2.45. The Bertz CT molecular complexity index is 913. The van der Waals surface area contributed by atoms with Crippen molar-refractivity contribution in [3.63, 3.8) is 0 Å². The molecule has 2 saturated heterocycles. The maximum Gasteiger partial charge on any atom is 0.221 e. The summed E-state index contributed by atoms with van der Waals surface area (Å²) >= 11 is 0. The van der Waals surface area contributed by atoms with Gasteiger partial charge in [-0.15, -0.1) is 0 Å². The van der Waals surface area contributed by atoms with E-state index in [1.54, 1.807) is 16.4 Å². The quantitative estimate of drug-likeness (QED) is 0.723. The van der Waals surface area contributed by atoms with Crippen molar-refractivity contribution >= 4 is 10.0 Å². The maximum absolute atomic E-state index is 13.3. The van der Waals surface area contributed by atoms with Gasteiger partial charge in [0.05, 0.1) is 12.6 Å².